The molecule has 1 aromatic heterocycles. The number of amides is 2. The van der Waals surface area contributed by atoms with Gasteiger partial charge in [-0.3, -0.25) is 14.9 Å². The van der Waals surface area contributed by atoms with Crippen molar-refractivity contribution in [3.8, 4) is 0 Å². The molecule has 1 aliphatic carbocycles. The van der Waals surface area contributed by atoms with Crippen molar-refractivity contribution in [3.05, 3.63) is 16.0 Å². The molecule has 1 aromatic rings. The number of aromatic nitrogens is 2. The summed E-state index contributed by atoms with van der Waals surface area (Å²) in [4.78, 5) is 33.6. The minimum absolute atomic E-state index is 0.132. The van der Waals surface area contributed by atoms with Gasteiger partial charge < -0.3 is 0 Å². The molecule has 3 aliphatic rings. The fourth-order valence-corrected chi connectivity index (χ4v) is 5.33. The first kappa shape index (κ1) is 17.9. The van der Waals surface area contributed by atoms with E-state index in [1.165, 1.54) is 41.3 Å². The minimum atomic E-state index is -0.306. The molecule has 1 atom stereocenters. The van der Waals surface area contributed by atoms with Crippen molar-refractivity contribution in [2.75, 3.05) is 16.8 Å². The summed E-state index contributed by atoms with van der Waals surface area (Å²) in [6.07, 6.45) is 5.46. The van der Waals surface area contributed by atoms with E-state index in [4.69, 9.17) is 0 Å². The van der Waals surface area contributed by atoms with Gasteiger partial charge in [0.25, 0.3) is 5.91 Å². The fraction of sp³-hybridized carbons (Fsp3) is 0.500. The minimum Gasteiger partial charge on any atom is -0.300 e. The number of aliphatic imine (C=N–C) groups is 2. The molecular weight excluding hydrogens is 390 g/mol. The fourth-order valence-electron chi connectivity index (χ4n) is 2.75. The number of allylic oxidation sites excluding steroid dienone is 1. The van der Waals surface area contributed by atoms with Crippen LogP contribution < -0.4 is 5.32 Å². The lowest BCUT2D eigenvalue weighted by Gasteiger charge is -2.21. The highest BCUT2D eigenvalue weighted by Crippen LogP contribution is 2.38. The van der Waals surface area contributed by atoms with Gasteiger partial charge in [0, 0.05) is 5.92 Å². The molecule has 1 saturated carbocycles. The summed E-state index contributed by atoms with van der Waals surface area (Å²) in [6.45, 7) is 1.96. The van der Waals surface area contributed by atoms with Crippen molar-refractivity contribution >= 4 is 62.7 Å². The second-order valence-electron chi connectivity index (χ2n) is 6.29. The Kier molecular flexibility index (Phi) is 5.23. The molecule has 0 saturated heterocycles. The van der Waals surface area contributed by atoms with Gasteiger partial charge in [-0.05, 0) is 24.7 Å². The number of fused-ring (bicyclic) bond motifs is 1. The molecule has 1 unspecified atom stereocenters. The number of nitrogens with zero attached hydrogens (tertiary/aromatic N) is 4. The van der Waals surface area contributed by atoms with Gasteiger partial charge in [0.05, 0.1) is 16.5 Å². The maximum Gasteiger partial charge on any atom is 0.261 e. The van der Waals surface area contributed by atoms with Crippen molar-refractivity contribution in [1.29, 1.82) is 0 Å². The van der Waals surface area contributed by atoms with E-state index in [2.05, 4.69) is 25.5 Å². The van der Waals surface area contributed by atoms with Crippen molar-refractivity contribution < 1.29 is 9.59 Å². The van der Waals surface area contributed by atoms with Crippen LogP contribution >= 0.6 is 34.9 Å². The number of nitrogens with one attached hydrogen (secondary N) is 1. The quantitative estimate of drug-likeness (QED) is 0.778. The number of carbonyl (C=O) groups excluding carboxylic acids is 2. The molecule has 0 aromatic carbocycles. The molecule has 1 fully saturated rings. The first-order valence-electron chi connectivity index (χ1n) is 8.36. The van der Waals surface area contributed by atoms with Crippen LogP contribution in [-0.4, -0.2) is 44.4 Å². The lowest BCUT2D eigenvalue weighted by Crippen LogP contribution is -2.24. The average Bonchev–Trinajstić information content (AvgIpc) is 3.12. The highest BCUT2D eigenvalue weighted by atomic mass is 32.2. The predicted molar refractivity (Wildman–Crippen MR) is 107 cm³/mol. The van der Waals surface area contributed by atoms with Crippen molar-refractivity contribution in [1.82, 2.24) is 10.2 Å². The Balaban J connectivity index is 1.24. The maximum absolute atomic E-state index is 12.1. The third kappa shape index (κ3) is 3.91. The molecule has 136 valence electrons. The monoisotopic (exact) mass is 407 g/mol. The van der Waals surface area contributed by atoms with E-state index < -0.39 is 0 Å². The summed E-state index contributed by atoms with van der Waals surface area (Å²) in [5.41, 5.74) is 0. The van der Waals surface area contributed by atoms with E-state index >= 15 is 0 Å². The van der Waals surface area contributed by atoms with E-state index in [1.807, 2.05) is 13.0 Å². The molecule has 7 nitrogen and oxygen atoms in total. The molecule has 0 spiro atoms. The highest BCUT2D eigenvalue weighted by molar-refractivity contribution is 8.17. The molecule has 2 amide bonds. The largest absolute Gasteiger partial charge is 0.300 e. The van der Waals surface area contributed by atoms with Crippen LogP contribution in [0.25, 0.3) is 0 Å². The van der Waals surface area contributed by atoms with Gasteiger partial charge in [0.1, 0.15) is 16.8 Å². The average molecular weight is 408 g/mol. The number of amidine groups is 1. The molecule has 0 radical (unpaired) electrons. The zero-order valence-electron chi connectivity index (χ0n) is 14.1. The van der Waals surface area contributed by atoms with E-state index in [0.29, 0.717) is 22.6 Å². The standard InChI is InChI=1S/C16H17N5O2S3/c1-8-5-10-13(23)17-11(18-15(10)25-8)6-24-7-12(22)19-16-21-20-14(26-16)9-3-2-4-9/h5,9-10H,2-4,6-7H2,1H3,(H,19,21,22). The maximum atomic E-state index is 12.1. The Morgan fingerprint density at radius 3 is 2.96 bits per heavy atom. The van der Waals surface area contributed by atoms with E-state index in [1.54, 1.807) is 0 Å². The SMILES string of the molecule is CC1=CC2C(=O)N=C(CSCC(=O)Nc3nnc(C4CCC4)s3)N=C2S1. The summed E-state index contributed by atoms with van der Waals surface area (Å²) in [7, 11) is 0. The number of hydrogen-bond donors (Lipinski definition) is 1. The Morgan fingerprint density at radius 1 is 1.35 bits per heavy atom. The van der Waals surface area contributed by atoms with Crippen LogP contribution in [0.15, 0.2) is 21.0 Å². The van der Waals surface area contributed by atoms with Crippen LogP contribution in [0.2, 0.25) is 0 Å². The van der Waals surface area contributed by atoms with E-state index in [-0.39, 0.29) is 23.5 Å². The molecule has 2 aliphatic heterocycles. The number of carbonyl (C=O) groups is 2. The van der Waals surface area contributed by atoms with Gasteiger partial charge in [-0.15, -0.1) is 22.0 Å². The zero-order valence-corrected chi connectivity index (χ0v) is 16.5. The molecule has 1 N–H and O–H groups in total. The first-order valence-corrected chi connectivity index (χ1v) is 11.1. The molecule has 4 rings (SSSR count). The lowest BCUT2D eigenvalue weighted by atomic mass is 9.86. The van der Waals surface area contributed by atoms with Crippen LogP contribution in [0.4, 0.5) is 5.13 Å². The molecule has 26 heavy (non-hydrogen) atoms. The van der Waals surface area contributed by atoms with Gasteiger partial charge in [-0.25, -0.2) is 4.99 Å². The Hall–Kier alpha value is -1.52. The normalized spacial score (nSPS) is 22.3. The third-order valence-electron chi connectivity index (χ3n) is 4.28. The van der Waals surface area contributed by atoms with Gasteiger partial charge in [0.2, 0.25) is 11.0 Å². The summed E-state index contributed by atoms with van der Waals surface area (Å²) < 4.78 is 0. The number of thioether (sulfide) groups is 2. The van der Waals surface area contributed by atoms with Gasteiger partial charge in [-0.1, -0.05) is 35.6 Å². The molecule has 10 heteroatoms. The van der Waals surface area contributed by atoms with Crippen LogP contribution in [-0.2, 0) is 9.59 Å². The second-order valence-corrected chi connectivity index (χ2v) is 9.55. The van der Waals surface area contributed by atoms with Gasteiger partial charge >= 0.3 is 0 Å². The number of hydrogen-bond acceptors (Lipinski definition) is 8. The lowest BCUT2D eigenvalue weighted by molar-refractivity contribution is -0.118. The van der Waals surface area contributed by atoms with Gasteiger partial charge in [0.15, 0.2) is 0 Å². The van der Waals surface area contributed by atoms with Crippen molar-refractivity contribution in [3.63, 3.8) is 0 Å². The topological polar surface area (TPSA) is 96.7 Å². The summed E-state index contributed by atoms with van der Waals surface area (Å²) in [5, 5.41) is 13.3. The number of anilines is 1. The van der Waals surface area contributed by atoms with Crippen LogP contribution in [0.5, 0.6) is 0 Å². The smallest absolute Gasteiger partial charge is 0.261 e. The van der Waals surface area contributed by atoms with Crippen LogP contribution in [0, 0.1) is 5.92 Å². The molecular formula is C16H17N5O2S3. The zero-order chi connectivity index (χ0) is 18.1. The molecule has 0 bridgehead atoms. The van der Waals surface area contributed by atoms with Crippen molar-refractivity contribution in [2.24, 2.45) is 15.9 Å². The summed E-state index contributed by atoms with van der Waals surface area (Å²) in [6, 6.07) is 0. The summed E-state index contributed by atoms with van der Waals surface area (Å²) in [5.74, 6) is 1.08. The third-order valence-corrected chi connectivity index (χ3v) is 7.23. The number of rotatable bonds is 6. The Labute approximate surface area is 163 Å². The van der Waals surface area contributed by atoms with Crippen molar-refractivity contribution in [2.45, 2.75) is 32.1 Å². The predicted octanol–water partition coefficient (Wildman–Crippen LogP) is 3.08. The first-order chi connectivity index (χ1) is 12.6. The highest BCUT2D eigenvalue weighted by Gasteiger charge is 2.32. The van der Waals surface area contributed by atoms with Crippen LogP contribution in [0.3, 0.4) is 0 Å². The summed E-state index contributed by atoms with van der Waals surface area (Å²) >= 11 is 4.35. The Morgan fingerprint density at radius 2 is 2.19 bits per heavy atom. The van der Waals surface area contributed by atoms with E-state index in [0.717, 1.165) is 27.8 Å². The van der Waals surface area contributed by atoms with Crippen LogP contribution in [0.1, 0.15) is 37.1 Å². The van der Waals surface area contributed by atoms with E-state index in [9.17, 15) is 9.59 Å². The van der Waals surface area contributed by atoms with Gasteiger partial charge in [-0.2, -0.15) is 4.99 Å². The molecule has 3 heterocycles. The second kappa shape index (κ2) is 7.61. The Bertz CT molecular complexity index is 841.